The Kier molecular flexibility index (Phi) is 2.94. The van der Waals surface area contributed by atoms with Gasteiger partial charge in [0.05, 0.1) is 6.61 Å². The zero-order valence-corrected chi connectivity index (χ0v) is 8.13. The van der Waals surface area contributed by atoms with Crippen molar-refractivity contribution in [1.29, 1.82) is 0 Å². The van der Waals surface area contributed by atoms with E-state index in [1.807, 2.05) is 0 Å². The van der Waals surface area contributed by atoms with Crippen LogP contribution in [0.4, 0.5) is 0 Å². The van der Waals surface area contributed by atoms with Gasteiger partial charge >= 0.3 is 0 Å². The molecule has 0 unspecified atom stereocenters. The van der Waals surface area contributed by atoms with Crippen LogP contribution < -0.4 is 0 Å². The lowest BCUT2D eigenvalue weighted by atomic mass is 10.1. The maximum atomic E-state index is 11.0. The monoisotopic (exact) mass is 229 g/mol. The number of carbonyl (C=O) groups is 1. The van der Waals surface area contributed by atoms with E-state index in [0.29, 0.717) is 15.9 Å². The summed E-state index contributed by atoms with van der Waals surface area (Å²) < 4.78 is 0.602. The van der Waals surface area contributed by atoms with E-state index in [9.17, 15) is 4.79 Å². The van der Waals surface area contributed by atoms with Gasteiger partial charge in [-0.3, -0.25) is 4.79 Å². The van der Waals surface area contributed by atoms with E-state index in [4.69, 9.17) is 5.11 Å². The molecule has 0 aliphatic heterocycles. The summed E-state index contributed by atoms with van der Waals surface area (Å²) in [7, 11) is 0. The van der Waals surface area contributed by atoms with Crippen LogP contribution >= 0.6 is 15.9 Å². The van der Waals surface area contributed by atoms with Gasteiger partial charge in [0.25, 0.3) is 0 Å². The van der Waals surface area contributed by atoms with Crippen molar-refractivity contribution in [3.05, 3.63) is 28.0 Å². The summed E-state index contributed by atoms with van der Waals surface area (Å²) in [6.45, 7) is 1.27. The Hall–Kier alpha value is -0.740. The van der Waals surface area contributed by atoms with Gasteiger partial charge in [-0.05, 0) is 22.0 Å². The van der Waals surface area contributed by atoms with Gasteiger partial charge in [-0.1, -0.05) is 6.07 Å². The molecule has 0 fully saturated rings. The molecule has 0 spiro atoms. The Bertz CT molecular complexity index is 312. The third-order valence-electron chi connectivity index (χ3n) is 1.45. The summed E-state index contributed by atoms with van der Waals surface area (Å²) in [5, 5.41) is 8.85. The molecule has 3 nitrogen and oxygen atoms in total. The maximum Gasteiger partial charge on any atom is 0.178 e. The summed E-state index contributed by atoms with van der Waals surface area (Å²) >= 11 is 3.15. The molecule has 1 aromatic heterocycles. The number of pyridine rings is 1. The first-order valence-corrected chi connectivity index (χ1v) is 4.21. The molecule has 1 aromatic rings. The Morgan fingerprint density at radius 3 is 2.83 bits per heavy atom. The molecule has 0 saturated carbocycles. The van der Waals surface area contributed by atoms with E-state index in [2.05, 4.69) is 20.9 Å². The second kappa shape index (κ2) is 3.78. The lowest BCUT2D eigenvalue weighted by Crippen LogP contribution is -2.03. The molecule has 0 radical (unpaired) electrons. The molecule has 1 heterocycles. The molecule has 4 heteroatoms. The summed E-state index contributed by atoms with van der Waals surface area (Å²) in [5.41, 5.74) is 0.887. The first-order chi connectivity index (χ1) is 5.65. The fourth-order valence-electron chi connectivity index (χ4n) is 0.897. The van der Waals surface area contributed by atoms with Crippen LogP contribution in [0.5, 0.6) is 0 Å². The first-order valence-electron chi connectivity index (χ1n) is 3.42. The van der Waals surface area contributed by atoms with Crippen LogP contribution in [0.15, 0.2) is 16.7 Å². The number of aliphatic hydroxyl groups excluding tert-OH is 1. The average molecular weight is 230 g/mol. The van der Waals surface area contributed by atoms with Crippen LogP contribution in [0, 0.1) is 0 Å². The number of ketones is 1. The second-order valence-corrected chi connectivity index (χ2v) is 3.17. The predicted molar refractivity (Wildman–Crippen MR) is 47.9 cm³/mol. The molecule has 12 heavy (non-hydrogen) atoms. The lowest BCUT2D eigenvalue weighted by Gasteiger charge is -2.02. The van der Waals surface area contributed by atoms with Crippen LogP contribution in [0.1, 0.15) is 23.0 Å². The number of hydrogen-bond acceptors (Lipinski definition) is 3. The van der Waals surface area contributed by atoms with Gasteiger partial charge in [0.2, 0.25) is 0 Å². The molecule has 0 aromatic carbocycles. The van der Waals surface area contributed by atoms with E-state index in [0.717, 1.165) is 0 Å². The van der Waals surface area contributed by atoms with Gasteiger partial charge in [0, 0.05) is 12.5 Å². The van der Waals surface area contributed by atoms with E-state index < -0.39 is 0 Å². The van der Waals surface area contributed by atoms with Crippen molar-refractivity contribution in [2.24, 2.45) is 0 Å². The number of carbonyl (C=O) groups excluding carboxylic acids is 1. The number of rotatable bonds is 2. The van der Waals surface area contributed by atoms with Crippen molar-refractivity contribution in [2.45, 2.75) is 13.5 Å². The first kappa shape index (κ1) is 9.35. The number of aliphatic hydroxyl groups is 1. The zero-order valence-electron chi connectivity index (χ0n) is 6.54. The van der Waals surface area contributed by atoms with Gasteiger partial charge in [-0.25, -0.2) is 4.98 Å². The highest BCUT2D eigenvalue weighted by molar-refractivity contribution is 9.10. The Balaban J connectivity index is 3.21. The number of halogens is 1. The van der Waals surface area contributed by atoms with Crippen molar-refractivity contribution in [1.82, 2.24) is 4.98 Å². The summed E-state index contributed by atoms with van der Waals surface area (Å²) in [5.74, 6) is -0.139. The minimum Gasteiger partial charge on any atom is -0.392 e. The number of aromatic nitrogens is 1. The normalized spacial score (nSPS) is 9.92. The fraction of sp³-hybridized carbons (Fsp3) is 0.250. The van der Waals surface area contributed by atoms with Crippen molar-refractivity contribution in [3.8, 4) is 0 Å². The van der Waals surface area contributed by atoms with Crippen molar-refractivity contribution in [3.63, 3.8) is 0 Å². The Morgan fingerprint density at radius 1 is 1.67 bits per heavy atom. The largest absolute Gasteiger partial charge is 0.392 e. The van der Waals surface area contributed by atoms with Crippen LogP contribution in [0.2, 0.25) is 0 Å². The standard InChI is InChI=1S/C8H8BrNO2/c1-5(12)8-6(4-11)2-3-7(9)10-8/h2-3,11H,4H2,1H3. The molecule has 0 bridgehead atoms. The highest BCUT2D eigenvalue weighted by Crippen LogP contribution is 2.12. The number of hydrogen-bond donors (Lipinski definition) is 1. The fourth-order valence-corrected chi connectivity index (χ4v) is 1.21. The highest BCUT2D eigenvalue weighted by atomic mass is 79.9. The molecule has 0 amide bonds. The third kappa shape index (κ3) is 1.89. The quantitative estimate of drug-likeness (QED) is 0.619. The van der Waals surface area contributed by atoms with Gasteiger partial charge in [0.15, 0.2) is 5.78 Å². The highest BCUT2D eigenvalue weighted by Gasteiger charge is 2.07. The lowest BCUT2D eigenvalue weighted by molar-refractivity contribution is 0.100. The minimum absolute atomic E-state index is 0.139. The number of nitrogens with zero attached hydrogens (tertiary/aromatic N) is 1. The van der Waals surface area contributed by atoms with Crippen molar-refractivity contribution >= 4 is 21.7 Å². The van der Waals surface area contributed by atoms with Crippen LogP contribution in [0.3, 0.4) is 0 Å². The second-order valence-electron chi connectivity index (χ2n) is 2.36. The molecule has 1 rings (SSSR count). The summed E-state index contributed by atoms with van der Waals surface area (Å²) in [6.07, 6.45) is 0. The van der Waals surface area contributed by atoms with Crippen molar-refractivity contribution in [2.75, 3.05) is 0 Å². The van der Waals surface area contributed by atoms with Crippen LogP contribution in [-0.2, 0) is 6.61 Å². The SMILES string of the molecule is CC(=O)c1nc(Br)ccc1CO. The van der Waals surface area contributed by atoms with Gasteiger partial charge < -0.3 is 5.11 Å². The molecule has 0 aliphatic carbocycles. The third-order valence-corrected chi connectivity index (χ3v) is 1.89. The molecular weight excluding hydrogens is 222 g/mol. The summed E-state index contributed by atoms with van der Waals surface area (Å²) in [6, 6.07) is 3.37. The van der Waals surface area contributed by atoms with E-state index in [1.165, 1.54) is 6.92 Å². The maximum absolute atomic E-state index is 11.0. The van der Waals surface area contributed by atoms with Crippen LogP contribution in [-0.4, -0.2) is 15.9 Å². The van der Waals surface area contributed by atoms with E-state index in [1.54, 1.807) is 12.1 Å². The van der Waals surface area contributed by atoms with Gasteiger partial charge in [-0.2, -0.15) is 0 Å². The smallest absolute Gasteiger partial charge is 0.178 e. The minimum atomic E-state index is -0.158. The molecule has 0 aliphatic rings. The predicted octanol–water partition coefficient (Wildman–Crippen LogP) is 1.54. The molecule has 1 N–H and O–H groups in total. The number of Topliss-reactive ketones (excluding diaryl/α,β-unsaturated/α-hetero) is 1. The van der Waals surface area contributed by atoms with E-state index >= 15 is 0 Å². The molecule has 0 saturated heterocycles. The molecule has 0 atom stereocenters. The molecular formula is C8H8BrNO2. The molecule has 64 valence electrons. The van der Waals surface area contributed by atoms with E-state index in [-0.39, 0.29) is 12.4 Å². The summed E-state index contributed by atoms with van der Waals surface area (Å²) in [4.78, 5) is 14.9. The van der Waals surface area contributed by atoms with Crippen molar-refractivity contribution < 1.29 is 9.90 Å². The van der Waals surface area contributed by atoms with Gasteiger partial charge in [-0.15, -0.1) is 0 Å². The Labute approximate surface area is 78.6 Å². The van der Waals surface area contributed by atoms with Crippen LogP contribution in [0.25, 0.3) is 0 Å². The topological polar surface area (TPSA) is 50.2 Å². The average Bonchev–Trinajstić information content (AvgIpc) is 2.04. The Morgan fingerprint density at radius 2 is 2.33 bits per heavy atom. The zero-order chi connectivity index (χ0) is 9.14. The van der Waals surface area contributed by atoms with Gasteiger partial charge in [0.1, 0.15) is 10.3 Å².